The molecular weight excluding hydrogens is 380 g/mol. The summed E-state index contributed by atoms with van der Waals surface area (Å²) >= 11 is 9.39. The van der Waals surface area contributed by atoms with Crippen LogP contribution in [0.4, 0.5) is 0 Å². The van der Waals surface area contributed by atoms with Gasteiger partial charge in [-0.2, -0.15) is 0 Å². The lowest BCUT2D eigenvalue weighted by Gasteiger charge is -2.18. The summed E-state index contributed by atoms with van der Waals surface area (Å²) in [5.74, 6) is -0.473. The quantitative estimate of drug-likeness (QED) is 0.842. The van der Waals surface area contributed by atoms with Crippen LogP contribution in [0.1, 0.15) is 15.9 Å². The predicted octanol–water partition coefficient (Wildman–Crippen LogP) is 3.49. The normalized spacial score (nSPS) is 10.2. The SMILES string of the molecule is CN(Cc1ccccc1Cl)C(=O)CNC(=O)c1cccc(Br)c1. The zero-order valence-corrected chi connectivity index (χ0v) is 14.9. The van der Waals surface area contributed by atoms with Crippen LogP contribution in [-0.2, 0) is 11.3 Å². The lowest BCUT2D eigenvalue weighted by Crippen LogP contribution is -2.37. The highest BCUT2D eigenvalue weighted by molar-refractivity contribution is 9.10. The number of benzene rings is 2. The van der Waals surface area contributed by atoms with Crippen LogP contribution in [0.5, 0.6) is 0 Å². The molecule has 0 aliphatic rings. The number of nitrogens with one attached hydrogen (secondary N) is 1. The molecule has 0 spiro atoms. The highest BCUT2D eigenvalue weighted by Gasteiger charge is 2.13. The van der Waals surface area contributed by atoms with Crippen molar-refractivity contribution in [2.75, 3.05) is 13.6 Å². The first kappa shape index (κ1) is 17.5. The van der Waals surface area contributed by atoms with Crippen molar-refractivity contribution >= 4 is 39.3 Å². The highest BCUT2D eigenvalue weighted by Crippen LogP contribution is 2.16. The molecule has 23 heavy (non-hydrogen) atoms. The second kappa shape index (κ2) is 8.13. The van der Waals surface area contributed by atoms with E-state index in [9.17, 15) is 9.59 Å². The van der Waals surface area contributed by atoms with Crippen LogP contribution in [0.3, 0.4) is 0 Å². The summed E-state index contributed by atoms with van der Waals surface area (Å²) in [4.78, 5) is 25.7. The van der Waals surface area contributed by atoms with Gasteiger partial charge in [0, 0.05) is 28.7 Å². The van der Waals surface area contributed by atoms with E-state index in [1.807, 2.05) is 24.3 Å². The average Bonchev–Trinajstić information content (AvgIpc) is 2.54. The van der Waals surface area contributed by atoms with E-state index < -0.39 is 0 Å². The van der Waals surface area contributed by atoms with E-state index in [2.05, 4.69) is 21.2 Å². The molecule has 2 aromatic carbocycles. The van der Waals surface area contributed by atoms with E-state index in [1.165, 1.54) is 4.90 Å². The smallest absolute Gasteiger partial charge is 0.251 e. The summed E-state index contributed by atoms with van der Waals surface area (Å²) in [5, 5.41) is 3.24. The molecule has 2 rings (SSSR count). The van der Waals surface area contributed by atoms with Gasteiger partial charge in [0.15, 0.2) is 0 Å². The number of halogens is 2. The lowest BCUT2D eigenvalue weighted by atomic mass is 10.2. The minimum absolute atomic E-state index is 0.0632. The fourth-order valence-electron chi connectivity index (χ4n) is 1.99. The minimum atomic E-state index is -0.286. The van der Waals surface area contributed by atoms with E-state index >= 15 is 0 Å². The van der Waals surface area contributed by atoms with Gasteiger partial charge < -0.3 is 10.2 Å². The molecule has 0 bridgehead atoms. The second-order valence-electron chi connectivity index (χ2n) is 5.03. The zero-order valence-electron chi connectivity index (χ0n) is 12.6. The van der Waals surface area contributed by atoms with Crippen molar-refractivity contribution in [1.82, 2.24) is 10.2 Å². The number of hydrogen-bond donors (Lipinski definition) is 1. The molecule has 6 heteroatoms. The topological polar surface area (TPSA) is 49.4 Å². The van der Waals surface area contributed by atoms with Crippen LogP contribution < -0.4 is 5.32 Å². The van der Waals surface area contributed by atoms with Gasteiger partial charge in [0.2, 0.25) is 5.91 Å². The van der Waals surface area contributed by atoms with E-state index in [0.717, 1.165) is 10.0 Å². The van der Waals surface area contributed by atoms with E-state index in [-0.39, 0.29) is 18.4 Å². The molecule has 2 amide bonds. The van der Waals surface area contributed by atoms with Crippen molar-refractivity contribution in [3.05, 3.63) is 69.2 Å². The van der Waals surface area contributed by atoms with Crippen molar-refractivity contribution < 1.29 is 9.59 Å². The number of rotatable bonds is 5. The van der Waals surface area contributed by atoms with Crippen molar-refractivity contribution in [2.45, 2.75) is 6.54 Å². The number of carbonyl (C=O) groups excluding carboxylic acids is 2. The standard InChI is InChI=1S/C17H16BrClN2O2/c1-21(11-13-5-2-3-8-15(13)19)16(22)10-20-17(23)12-6-4-7-14(18)9-12/h2-9H,10-11H2,1H3,(H,20,23). The molecule has 0 fully saturated rings. The average molecular weight is 396 g/mol. The molecule has 0 aromatic heterocycles. The molecule has 1 N–H and O–H groups in total. The third kappa shape index (κ3) is 5.08. The molecule has 0 atom stereocenters. The van der Waals surface area contributed by atoms with E-state index in [0.29, 0.717) is 17.1 Å². The van der Waals surface area contributed by atoms with Gasteiger partial charge in [0.1, 0.15) is 0 Å². The minimum Gasteiger partial charge on any atom is -0.343 e. The Hall–Kier alpha value is -1.85. The maximum Gasteiger partial charge on any atom is 0.251 e. The Labute approximate surface area is 148 Å². The van der Waals surface area contributed by atoms with Gasteiger partial charge in [0.05, 0.1) is 6.54 Å². The Kier molecular flexibility index (Phi) is 6.19. The van der Waals surface area contributed by atoms with E-state index in [4.69, 9.17) is 11.6 Å². The zero-order chi connectivity index (χ0) is 16.8. The van der Waals surface area contributed by atoms with E-state index in [1.54, 1.807) is 31.3 Å². The van der Waals surface area contributed by atoms with Gasteiger partial charge in [-0.15, -0.1) is 0 Å². The number of hydrogen-bond acceptors (Lipinski definition) is 2. The summed E-state index contributed by atoms with van der Waals surface area (Å²) in [5.41, 5.74) is 1.37. The first-order valence-electron chi connectivity index (χ1n) is 6.98. The number of nitrogens with zero attached hydrogens (tertiary/aromatic N) is 1. The predicted molar refractivity (Wildman–Crippen MR) is 94.4 cm³/mol. The van der Waals surface area contributed by atoms with Crippen molar-refractivity contribution in [1.29, 1.82) is 0 Å². The van der Waals surface area contributed by atoms with Gasteiger partial charge in [-0.3, -0.25) is 9.59 Å². The van der Waals surface area contributed by atoms with Crippen LogP contribution in [0.25, 0.3) is 0 Å². The van der Waals surface area contributed by atoms with Gasteiger partial charge >= 0.3 is 0 Å². The van der Waals surface area contributed by atoms with Crippen LogP contribution in [0.15, 0.2) is 53.0 Å². The fraction of sp³-hybridized carbons (Fsp3) is 0.176. The summed E-state index contributed by atoms with van der Waals surface area (Å²) in [7, 11) is 1.68. The van der Waals surface area contributed by atoms with Crippen molar-refractivity contribution in [3.63, 3.8) is 0 Å². The number of likely N-dealkylation sites (N-methyl/N-ethyl adjacent to an activating group) is 1. The molecule has 2 aromatic rings. The largest absolute Gasteiger partial charge is 0.343 e. The molecule has 0 saturated carbocycles. The fourth-order valence-corrected chi connectivity index (χ4v) is 2.59. The Morgan fingerprint density at radius 2 is 1.91 bits per heavy atom. The molecule has 0 aliphatic carbocycles. The second-order valence-corrected chi connectivity index (χ2v) is 6.36. The Morgan fingerprint density at radius 1 is 1.17 bits per heavy atom. The van der Waals surface area contributed by atoms with Crippen LogP contribution in [-0.4, -0.2) is 30.3 Å². The Morgan fingerprint density at radius 3 is 2.61 bits per heavy atom. The van der Waals surface area contributed by atoms with Gasteiger partial charge in [-0.1, -0.05) is 51.8 Å². The molecule has 0 aliphatic heterocycles. The third-order valence-electron chi connectivity index (χ3n) is 3.28. The lowest BCUT2D eigenvalue weighted by molar-refractivity contribution is -0.129. The monoisotopic (exact) mass is 394 g/mol. The number of amides is 2. The molecule has 0 unspecified atom stereocenters. The molecule has 4 nitrogen and oxygen atoms in total. The summed E-state index contributed by atoms with van der Waals surface area (Å²) in [6.07, 6.45) is 0. The van der Waals surface area contributed by atoms with Gasteiger partial charge in [0.25, 0.3) is 5.91 Å². The Bertz CT molecular complexity index is 721. The molecule has 0 heterocycles. The van der Waals surface area contributed by atoms with Gasteiger partial charge in [-0.25, -0.2) is 0 Å². The van der Waals surface area contributed by atoms with Crippen LogP contribution >= 0.6 is 27.5 Å². The highest BCUT2D eigenvalue weighted by atomic mass is 79.9. The first-order valence-corrected chi connectivity index (χ1v) is 8.15. The maximum atomic E-state index is 12.1. The first-order chi connectivity index (χ1) is 11.0. The van der Waals surface area contributed by atoms with Crippen LogP contribution in [0.2, 0.25) is 5.02 Å². The van der Waals surface area contributed by atoms with Crippen LogP contribution in [0, 0.1) is 0 Å². The number of carbonyl (C=O) groups is 2. The molecule has 120 valence electrons. The van der Waals surface area contributed by atoms with Crippen molar-refractivity contribution in [2.24, 2.45) is 0 Å². The third-order valence-corrected chi connectivity index (χ3v) is 4.14. The molecule has 0 saturated heterocycles. The summed E-state index contributed by atoms with van der Waals surface area (Å²) in [6.45, 7) is 0.331. The van der Waals surface area contributed by atoms with Crippen molar-refractivity contribution in [3.8, 4) is 0 Å². The maximum absolute atomic E-state index is 12.1. The molecule has 0 radical (unpaired) electrons. The molecular formula is C17H16BrClN2O2. The summed E-state index contributed by atoms with van der Waals surface area (Å²) in [6, 6.07) is 14.4. The summed E-state index contributed by atoms with van der Waals surface area (Å²) < 4.78 is 0.812. The Balaban J connectivity index is 1.89. The van der Waals surface area contributed by atoms with Gasteiger partial charge in [-0.05, 0) is 29.8 Å².